The number of hydrogen-bond donors (Lipinski definition) is 2. The van der Waals surface area contributed by atoms with Crippen LogP contribution in [0.5, 0.6) is 0 Å². The number of nitrogens with zero attached hydrogens (tertiary/aromatic N) is 1. The van der Waals surface area contributed by atoms with Crippen molar-refractivity contribution >= 4 is 11.8 Å². The fourth-order valence-corrected chi connectivity index (χ4v) is 2.92. The Morgan fingerprint density at radius 1 is 1.32 bits per heavy atom. The van der Waals surface area contributed by atoms with Gasteiger partial charge in [0.25, 0.3) is 0 Å². The molecule has 0 aliphatic heterocycles. The van der Waals surface area contributed by atoms with Gasteiger partial charge in [-0.25, -0.2) is 4.79 Å². The average molecular weight is 268 g/mol. The molecule has 0 heterocycles. The number of hydrogen-bond acceptors (Lipinski definition) is 3. The molecule has 0 aromatic heterocycles. The summed E-state index contributed by atoms with van der Waals surface area (Å²) in [7, 11) is 0. The third kappa shape index (κ3) is 4.40. The lowest BCUT2D eigenvalue weighted by Gasteiger charge is -2.36. The minimum absolute atomic E-state index is 0.151. The van der Waals surface area contributed by atoms with Crippen LogP contribution in [-0.4, -0.2) is 28.6 Å². The van der Waals surface area contributed by atoms with Crippen molar-refractivity contribution in [2.75, 3.05) is 0 Å². The quantitative estimate of drug-likeness (QED) is 0.771. The standard InChI is InChI=1S/C14H24N2O3/c1-14(15-13(17)18)9-7-12(8-10-14)19-16-11-5-3-2-4-6-11/h12,15H,2-10H2,1H3,(H,17,18). The van der Waals surface area contributed by atoms with Gasteiger partial charge in [-0.15, -0.1) is 0 Å². The van der Waals surface area contributed by atoms with Gasteiger partial charge in [0.2, 0.25) is 0 Å². The molecule has 2 N–H and O–H groups in total. The molecule has 19 heavy (non-hydrogen) atoms. The van der Waals surface area contributed by atoms with Gasteiger partial charge in [-0.1, -0.05) is 11.6 Å². The van der Waals surface area contributed by atoms with Crippen LogP contribution in [0.25, 0.3) is 0 Å². The van der Waals surface area contributed by atoms with E-state index in [0.717, 1.165) is 38.5 Å². The van der Waals surface area contributed by atoms with E-state index in [1.807, 2.05) is 6.92 Å². The zero-order chi connectivity index (χ0) is 13.7. The molecule has 2 aliphatic carbocycles. The maximum atomic E-state index is 10.7. The van der Waals surface area contributed by atoms with Gasteiger partial charge >= 0.3 is 6.09 Å². The van der Waals surface area contributed by atoms with E-state index in [2.05, 4.69) is 10.5 Å². The topological polar surface area (TPSA) is 70.9 Å². The lowest BCUT2D eigenvalue weighted by atomic mass is 9.82. The van der Waals surface area contributed by atoms with E-state index in [-0.39, 0.29) is 11.6 Å². The first-order valence-electron chi connectivity index (χ1n) is 7.30. The molecule has 2 aliphatic rings. The molecule has 0 radical (unpaired) electrons. The molecule has 0 atom stereocenters. The van der Waals surface area contributed by atoms with Gasteiger partial charge in [0, 0.05) is 5.54 Å². The first-order chi connectivity index (χ1) is 9.07. The highest BCUT2D eigenvalue weighted by Crippen LogP contribution is 2.30. The van der Waals surface area contributed by atoms with Crippen LogP contribution in [0.4, 0.5) is 4.79 Å². The summed E-state index contributed by atoms with van der Waals surface area (Å²) in [5.74, 6) is 0. The van der Waals surface area contributed by atoms with Gasteiger partial charge in [-0.3, -0.25) is 0 Å². The van der Waals surface area contributed by atoms with E-state index in [9.17, 15) is 4.79 Å². The van der Waals surface area contributed by atoms with E-state index in [1.165, 1.54) is 25.0 Å². The molecule has 0 aromatic rings. The van der Waals surface area contributed by atoms with E-state index in [1.54, 1.807) is 0 Å². The predicted octanol–water partition coefficient (Wildman–Crippen LogP) is 3.29. The molecular weight excluding hydrogens is 244 g/mol. The molecule has 5 heteroatoms. The van der Waals surface area contributed by atoms with Crippen molar-refractivity contribution in [1.82, 2.24) is 5.32 Å². The van der Waals surface area contributed by atoms with Crippen LogP contribution in [0, 0.1) is 0 Å². The molecule has 5 nitrogen and oxygen atoms in total. The second-order valence-corrected chi connectivity index (χ2v) is 6.01. The Hall–Kier alpha value is -1.26. The summed E-state index contributed by atoms with van der Waals surface area (Å²) in [6.07, 6.45) is 8.49. The number of carboxylic acid groups (broad SMARTS) is 1. The van der Waals surface area contributed by atoms with E-state index in [0.29, 0.717) is 0 Å². The van der Waals surface area contributed by atoms with Gasteiger partial charge in [0.1, 0.15) is 6.10 Å². The molecule has 0 unspecified atom stereocenters. The smallest absolute Gasteiger partial charge is 0.405 e. The van der Waals surface area contributed by atoms with E-state index >= 15 is 0 Å². The van der Waals surface area contributed by atoms with Crippen molar-refractivity contribution in [2.45, 2.75) is 76.4 Å². The zero-order valence-electron chi connectivity index (χ0n) is 11.7. The fourth-order valence-electron chi connectivity index (χ4n) is 2.92. The lowest BCUT2D eigenvalue weighted by molar-refractivity contribution is 0.0134. The second-order valence-electron chi connectivity index (χ2n) is 6.01. The van der Waals surface area contributed by atoms with E-state index < -0.39 is 6.09 Å². The lowest BCUT2D eigenvalue weighted by Crippen LogP contribution is -2.48. The summed E-state index contributed by atoms with van der Waals surface area (Å²) in [5, 5.41) is 15.7. The van der Waals surface area contributed by atoms with E-state index in [4.69, 9.17) is 9.94 Å². The molecule has 1 amide bonds. The second kappa shape index (κ2) is 6.26. The molecule has 0 aromatic carbocycles. The first-order valence-corrected chi connectivity index (χ1v) is 7.30. The zero-order valence-corrected chi connectivity index (χ0v) is 11.7. The maximum absolute atomic E-state index is 10.7. The van der Waals surface area contributed by atoms with Crippen LogP contribution < -0.4 is 5.32 Å². The highest BCUT2D eigenvalue weighted by Gasteiger charge is 2.33. The summed E-state index contributed by atoms with van der Waals surface area (Å²) in [6, 6.07) is 0. The Balaban J connectivity index is 1.75. The normalized spacial score (nSPS) is 31.6. The van der Waals surface area contributed by atoms with Crippen LogP contribution in [0.1, 0.15) is 64.7 Å². The van der Waals surface area contributed by atoms with Gasteiger partial charge in [-0.05, 0) is 58.3 Å². The minimum atomic E-state index is -0.940. The minimum Gasteiger partial charge on any atom is -0.465 e. The molecule has 0 spiro atoms. The van der Waals surface area contributed by atoms with Gasteiger partial charge in [-0.2, -0.15) is 0 Å². The number of rotatable bonds is 3. The van der Waals surface area contributed by atoms with Gasteiger partial charge in [0.15, 0.2) is 0 Å². The number of carbonyl (C=O) groups is 1. The summed E-state index contributed by atoms with van der Waals surface area (Å²) >= 11 is 0. The SMILES string of the molecule is CC1(NC(=O)O)CCC(ON=C2CCCCC2)CC1. The Bertz CT molecular complexity index is 339. The Kier molecular flexibility index (Phi) is 4.66. The highest BCUT2D eigenvalue weighted by molar-refractivity contribution is 5.84. The largest absolute Gasteiger partial charge is 0.465 e. The van der Waals surface area contributed by atoms with Crippen LogP contribution in [0.3, 0.4) is 0 Å². The highest BCUT2D eigenvalue weighted by atomic mass is 16.6. The monoisotopic (exact) mass is 268 g/mol. The summed E-state index contributed by atoms with van der Waals surface area (Å²) in [6.45, 7) is 1.96. The Morgan fingerprint density at radius 3 is 2.53 bits per heavy atom. The van der Waals surface area contributed by atoms with Crippen molar-refractivity contribution in [1.29, 1.82) is 0 Å². The third-order valence-corrected chi connectivity index (χ3v) is 4.21. The maximum Gasteiger partial charge on any atom is 0.405 e. The first kappa shape index (κ1) is 14.2. The van der Waals surface area contributed by atoms with Crippen LogP contribution in [0.15, 0.2) is 5.16 Å². The van der Waals surface area contributed by atoms with Gasteiger partial charge < -0.3 is 15.3 Å². The van der Waals surface area contributed by atoms with Crippen molar-refractivity contribution in [3.63, 3.8) is 0 Å². The number of nitrogens with one attached hydrogen (secondary N) is 1. The molecule has 0 saturated heterocycles. The number of oxime groups is 1. The van der Waals surface area contributed by atoms with Crippen molar-refractivity contribution in [3.8, 4) is 0 Å². The Morgan fingerprint density at radius 2 is 1.95 bits per heavy atom. The Labute approximate surface area is 114 Å². The summed E-state index contributed by atoms with van der Waals surface area (Å²) < 4.78 is 0. The van der Waals surface area contributed by atoms with Crippen molar-refractivity contribution < 1.29 is 14.7 Å². The third-order valence-electron chi connectivity index (χ3n) is 4.21. The number of amides is 1. The van der Waals surface area contributed by atoms with Gasteiger partial charge in [0.05, 0.1) is 5.71 Å². The van der Waals surface area contributed by atoms with Crippen LogP contribution in [-0.2, 0) is 4.84 Å². The molecular formula is C14H24N2O3. The molecule has 0 bridgehead atoms. The van der Waals surface area contributed by atoms with Crippen molar-refractivity contribution in [2.24, 2.45) is 5.16 Å². The summed E-state index contributed by atoms with van der Waals surface area (Å²) in [5.41, 5.74) is 0.896. The summed E-state index contributed by atoms with van der Waals surface area (Å²) in [4.78, 5) is 16.4. The molecule has 2 rings (SSSR count). The van der Waals surface area contributed by atoms with Crippen LogP contribution >= 0.6 is 0 Å². The molecule has 2 saturated carbocycles. The fraction of sp³-hybridized carbons (Fsp3) is 0.857. The molecule has 2 fully saturated rings. The predicted molar refractivity (Wildman–Crippen MR) is 73.4 cm³/mol. The molecule has 108 valence electrons. The average Bonchev–Trinajstić information content (AvgIpc) is 2.38. The van der Waals surface area contributed by atoms with Crippen molar-refractivity contribution in [3.05, 3.63) is 0 Å². The van der Waals surface area contributed by atoms with Crippen LogP contribution in [0.2, 0.25) is 0 Å².